The molecule has 0 bridgehead atoms. The van der Waals surface area contributed by atoms with Crippen molar-refractivity contribution >= 4 is 29.6 Å². The molecular weight excluding hydrogens is 384 g/mol. The molecule has 0 unspecified atom stereocenters. The van der Waals surface area contributed by atoms with Gasteiger partial charge in [0, 0.05) is 6.42 Å². The fourth-order valence-electron chi connectivity index (χ4n) is 3.69. The second kappa shape index (κ2) is 11.1. The van der Waals surface area contributed by atoms with Crippen LogP contribution in [-0.2, 0) is 4.53 Å². The van der Waals surface area contributed by atoms with Crippen LogP contribution in [0.25, 0.3) is 0 Å². The Labute approximate surface area is 180 Å². The lowest BCUT2D eigenvalue weighted by molar-refractivity contribution is 0.345. The number of hydrogen-bond donors (Lipinski definition) is 0. The van der Waals surface area contributed by atoms with Gasteiger partial charge in [0.15, 0.2) is 0 Å². The predicted molar refractivity (Wildman–Crippen MR) is 127 cm³/mol. The summed E-state index contributed by atoms with van der Waals surface area (Å²) < 4.78 is 6.68. The number of benzene rings is 3. The van der Waals surface area contributed by atoms with Crippen LogP contribution in [0.1, 0.15) is 39.0 Å². The van der Waals surface area contributed by atoms with Crippen molar-refractivity contribution in [1.82, 2.24) is 0 Å². The third-order valence-corrected chi connectivity index (χ3v) is 8.95. The van der Waals surface area contributed by atoms with Gasteiger partial charge in [0.1, 0.15) is 0 Å². The lowest BCUT2D eigenvalue weighted by Gasteiger charge is -2.30. The Bertz CT molecular complexity index is 870. The molecule has 30 heavy (non-hydrogen) atoms. The monoisotopic (exact) mass is 412 g/mol. The van der Waals surface area contributed by atoms with Gasteiger partial charge in [-0.05, 0) is 34.8 Å². The highest BCUT2D eigenvalue weighted by Gasteiger charge is 2.44. The van der Waals surface area contributed by atoms with Gasteiger partial charge in [-0.1, -0.05) is 104 Å². The van der Waals surface area contributed by atoms with Gasteiger partial charge in [-0.15, -0.1) is 5.16 Å². The van der Waals surface area contributed by atoms with Gasteiger partial charge in [0.05, 0.1) is 11.8 Å². The summed E-state index contributed by atoms with van der Waals surface area (Å²) in [5, 5.41) is 17.2. The minimum Gasteiger partial charge on any atom is -0.438 e. The standard InChI is InChI=1S/C26H28N2OSi/c1-2-14-23(15-12-13-22-27)28-29-30(24-16-6-3-7-17-24,25-18-8-4-9-19-25)26-20-10-5-11-21-26/h3-11,16-21H,2,12-15H2,1H3. The van der Waals surface area contributed by atoms with Gasteiger partial charge in [0.25, 0.3) is 0 Å². The molecule has 0 saturated carbocycles. The lowest BCUT2D eigenvalue weighted by atomic mass is 10.1. The Balaban J connectivity index is 2.13. The topological polar surface area (TPSA) is 45.4 Å². The zero-order valence-electron chi connectivity index (χ0n) is 17.5. The van der Waals surface area contributed by atoms with Gasteiger partial charge in [-0.3, -0.25) is 0 Å². The van der Waals surface area contributed by atoms with Gasteiger partial charge in [0.2, 0.25) is 0 Å². The fraction of sp³-hybridized carbons (Fsp3) is 0.231. The van der Waals surface area contributed by atoms with E-state index in [4.69, 9.17) is 14.9 Å². The Morgan fingerprint density at radius 3 is 1.67 bits per heavy atom. The SMILES string of the molecule is CCCC(CCCC#N)=NO[Si](c1ccccc1)(c1ccccc1)c1ccccc1. The number of hydrogen-bond acceptors (Lipinski definition) is 3. The molecule has 0 N–H and O–H groups in total. The van der Waals surface area contributed by atoms with Crippen LogP contribution < -0.4 is 15.6 Å². The Kier molecular flexibility index (Phi) is 7.99. The van der Waals surface area contributed by atoms with Crippen LogP contribution >= 0.6 is 0 Å². The molecule has 0 atom stereocenters. The molecule has 0 amide bonds. The second-order valence-corrected chi connectivity index (χ2v) is 10.6. The molecule has 3 aromatic rings. The minimum atomic E-state index is -2.82. The van der Waals surface area contributed by atoms with Crippen molar-refractivity contribution in [2.45, 2.75) is 39.0 Å². The summed E-state index contributed by atoms with van der Waals surface area (Å²) in [5.74, 6) is 0. The molecule has 0 saturated heterocycles. The third-order valence-electron chi connectivity index (χ3n) is 5.15. The molecule has 3 aromatic carbocycles. The molecule has 3 nitrogen and oxygen atoms in total. The van der Waals surface area contributed by atoms with E-state index >= 15 is 0 Å². The van der Waals surface area contributed by atoms with Crippen molar-refractivity contribution in [3.8, 4) is 6.07 Å². The number of unbranched alkanes of at least 4 members (excludes halogenated alkanes) is 1. The van der Waals surface area contributed by atoms with Crippen molar-refractivity contribution in [1.29, 1.82) is 5.26 Å². The van der Waals surface area contributed by atoms with E-state index < -0.39 is 8.32 Å². The average molecular weight is 413 g/mol. The van der Waals surface area contributed by atoms with Gasteiger partial charge in [-0.25, -0.2) is 0 Å². The molecule has 0 heterocycles. The first-order valence-electron chi connectivity index (χ1n) is 10.6. The second-order valence-electron chi connectivity index (χ2n) is 7.29. The van der Waals surface area contributed by atoms with Crippen LogP contribution in [0, 0.1) is 11.3 Å². The largest absolute Gasteiger partial charge is 0.438 e. The molecule has 0 aliphatic carbocycles. The maximum Gasteiger partial charge on any atom is 0.380 e. The Hall–Kier alpha value is -3.16. The minimum absolute atomic E-state index is 0.543. The maximum atomic E-state index is 8.90. The molecule has 0 spiro atoms. The first kappa shape index (κ1) is 21.5. The number of nitriles is 1. The lowest BCUT2D eigenvalue weighted by Crippen LogP contribution is -2.68. The van der Waals surface area contributed by atoms with Crippen LogP contribution in [0.5, 0.6) is 0 Å². The van der Waals surface area contributed by atoms with E-state index in [-0.39, 0.29) is 0 Å². The van der Waals surface area contributed by atoms with Crippen LogP contribution in [0.4, 0.5) is 0 Å². The molecule has 0 aliphatic rings. The highest BCUT2D eigenvalue weighted by atomic mass is 28.4. The van der Waals surface area contributed by atoms with E-state index in [0.717, 1.165) is 31.4 Å². The highest BCUT2D eigenvalue weighted by molar-refractivity contribution is 7.07. The first-order chi connectivity index (χ1) is 14.8. The van der Waals surface area contributed by atoms with Crippen molar-refractivity contribution in [2.75, 3.05) is 0 Å². The first-order valence-corrected chi connectivity index (χ1v) is 12.5. The van der Waals surface area contributed by atoms with E-state index in [1.54, 1.807) is 0 Å². The zero-order valence-corrected chi connectivity index (χ0v) is 18.5. The van der Waals surface area contributed by atoms with Crippen molar-refractivity contribution in [3.63, 3.8) is 0 Å². The average Bonchev–Trinajstić information content (AvgIpc) is 2.82. The molecule has 0 aromatic heterocycles. The summed E-state index contributed by atoms with van der Waals surface area (Å²) in [6.45, 7) is 2.15. The normalized spacial score (nSPS) is 11.7. The van der Waals surface area contributed by atoms with Crippen LogP contribution in [0.3, 0.4) is 0 Å². The van der Waals surface area contributed by atoms with Gasteiger partial charge in [-0.2, -0.15) is 5.26 Å². The summed E-state index contributed by atoms with van der Waals surface area (Å²) in [6.07, 6.45) is 4.04. The summed E-state index contributed by atoms with van der Waals surface area (Å²) in [4.78, 5) is 0. The van der Waals surface area contributed by atoms with E-state index in [1.807, 2.05) is 18.2 Å². The molecule has 0 aliphatic heterocycles. The molecule has 3 rings (SSSR count). The zero-order chi connectivity index (χ0) is 21.1. The van der Waals surface area contributed by atoms with Crippen LogP contribution in [-0.4, -0.2) is 14.0 Å². The molecular formula is C26H28N2OSi. The number of rotatable bonds is 10. The summed E-state index contributed by atoms with van der Waals surface area (Å²) >= 11 is 0. The number of oxime groups is 1. The highest BCUT2D eigenvalue weighted by Crippen LogP contribution is 2.12. The van der Waals surface area contributed by atoms with Crippen LogP contribution in [0.2, 0.25) is 0 Å². The van der Waals surface area contributed by atoms with Crippen molar-refractivity contribution in [2.24, 2.45) is 5.16 Å². The van der Waals surface area contributed by atoms with Crippen molar-refractivity contribution < 1.29 is 4.53 Å². The predicted octanol–water partition coefficient (Wildman–Crippen LogP) is 4.52. The third kappa shape index (κ3) is 5.06. The Morgan fingerprint density at radius 1 is 0.800 bits per heavy atom. The Morgan fingerprint density at radius 2 is 1.27 bits per heavy atom. The maximum absolute atomic E-state index is 8.90. The molecule has 152 valence electrons. The van der Waals surface area contributed by atoms with E-state index in [1.165, 1.54) is 15.6 Å². The van der Waals surface area contributed by atoms with Crippen LogP contribution in [0.15, 0.2) is 96.2 Å². The summed E-state index contributed by atoms with van der Waals surface area (Å²) in [5.41, 5.74) is 1.03. The smallest absolute Gasteiger partial charge is 0.380 e. The van der Waals surface area contributed by atoms with E-state index in [2.05, 4.69) is 85.8 Å². The summed E-state index contributed by atoms with van der Waals surface area (Å²) in [6, 6.07) is 33.6. The fourth-order valence-corrected chi connectivity index (χ4v) is 7.25. The quantitative estimate of drug-likeness (QED) is 0.162. The number of nitrogens with zero attached hydrogens (tertiary/aromatic N) is 2. The van der Waals surface area contributed by atoms with Gasteiger partial charge >= 0.3 is 8.32 Å². The molecule has 0 radical (unpaired) electrons. The van der Waals surface area contributed by atoms with E-state index in [9.17, 15) is 0 Å². The van der Waals surface area contributed by atoms with Crippen molar-refractivity contribution in [3.05, 3.63) is 91.0 Å². The van der Waals surface area contributed by atoms with E-state index in [0.29, 0.717) is 6.42 Å². The molecule has 4 heteroatoms. The molecule has 0 fully saturated rings. The summed E-state index contributed by atoms with van der Waals surface area (Å²) in [7, 11) is -2.82. The van der Waals surface area contributed by atoms with Gasteiger partial charge < -0.3 is 4.53 Å².